The minimum Gasteiger partial charge on any atom is -0.321 e. The molecule has 5 heteroatoms. The van der Waals surface area contributed by atoms with Crippen LogP contribution in [0.5, 0.6) is 0 Å². The molecule has 25 heavy (non-hydrogen) atoms. The van der Waals surface area contributed by atoms with Crippen molar-refractivity contribution in [2.24, 2.45) is 5.10 Å². The highest BCUT2D eigenvalue weighted by atomic mass is 16.2. The van der Waals surface area contributed by atoms with Gasteiger partial charge in [0.2, 0.25) is 0 Å². The van der Waals surface area contributed by atoms with Crippen molar-refractivity contribution in [1.82, 2.24) is 15.0 Å². The fourth-order valence-corrected chi connectivity index (χ4v) is 3.33. The number of hydrazone groups is 1. The number of nitrogens with zero attached hydrogens (tertiary/aromatic N) is 3. The predicted octanol–water partition coefficient (Wildman–Crippen LogP) is 3.28. The fraction of sp³-hybridized carbons (Fsp3) is 0.250. The zero-order chi connectivity index (χ0) is 17.1. The molecule has 1 aliphatic carbocycles. The van der Waals surface area contributed by atoms with E-state index in [1.165, 1.54) is 5.56 Å². The van der Waals surface area contributed by atoms with Gasteiger partial charge in [-0.25, -0.2) is 10.4 Å². The summed E-state index contributed by atoms with van der Waals surface area (Å²) in [6, 6.07) is 16.1. The molecule has 1 aromatic heterocycles. The third kappa shape index (κ3) is 3.31. The lowest BCUT2D eigenvalue weighted by atomic mass is 10.0. The van der Waals surface area contributed by atoms with Gasteiger partial charge in [-0.1, -0.05) is 36.4 Å². The van der Waals surface area contributed by atoms with Crippen molar-refractivity contribution in [3.63, 3.8) is 0 Å². The molecule has 1 aliphatic rings. The van der Waals surface area contributed by atoms with Crippen LogP contribution in [0.3, 0.4) is 0 Å². The summed E-state index contributed by atoms with van der Waals surface area (Å²) in [6.45, 7) is 0.207. The van der Waals surface area contributed by atoms with Crippen molar-refractivity contribution in [3.05, 3.63) is 66.0 Å². The van der Waals surface area contributed by atoms with Gasteiger partial charge in [0, 0.05) is 5.56 Å². The third-order valence-electron chi connectivity index (χ3n) is 4.59. The van der Waals surface area contributed by atoms with Crippen molar-refractivity contribution >= 4 is 22.7 Å². The zero-order valence-electron chi connectivity index (χ0n) is 14.0. The van der Waals surface area contributed by atoms with E-state index in [0.29, 0.717) is 0 Å². The Kier molecular flexibility index (Phi) is 4.29. The average molecular weight is 332 g/mol. The summed E-state index contributed by atoms with van der Waals surface area (Å²) in [5.74, 6) is -0.141. The Balaban J connectivity index is 1.50. The van der Waals surface area contributed by atoms with E-state index in [9.17, 15) is 4.79 Å². The zero-order valence-corrected chi connectivity index (χ0v) is 14.0. The van der Waals surface area contributed by atoms with E-state index in [0.717, 1.165) is 48.0 Å². The van der Waals surface area contributed by atoms with Gasteiger partial charge in [-0.3, -0.25) is 4.79 Å². The Morgan fingerprint density at radius 3 is 2.84 bits per heavy atom. The number of nitrogens with one attached hydrogen (secondary N) is 1. The van der Waals surface area contributed by atoms with Crippen LogP contribution in [0.2, 0.25) is 0 Å². The highest BCUT2D eigenvalue weighted by molar-refractivity contribution is 6.02. The van der Waals surface area contributed by atoms with E-state index in [1.807, 2.05) is 34.9 Å². The molecule has 0 aliphatic heterocycles. The first kappa shape index (κ1) is 15.6. The van der Waals surface area contributed by atoms with Crippen LogP contribution < -0.4 is 5.43 Å². The maximum absolute atomic E-state index is 12.3. The number of para-hydroxylation sites is 2. The Morgan fingerprint density at radius 1 is 1.08 bits per heavy atom. The van der Waals surface area contributed by atoms with Gasteiger partial charge in [-0.05, 0) is 43.4 Å². The van der Waals surface area contributed by atoms with Gasteiger partial charge in [0.1, 0.15) is 6.54 Å². The van der Waals surface area contributed by atoms with Crippen molar-refractivity contribution in [2.45, 2.75) is 32.2 Å². The van der Waals surface area contributed by atoms with Crippen LogP contribution in [-0.4, -0.2) is 21.2 Å². The van der Waals surface area contributed by atoms with Crippen molar-refractivity contribution in [1.29, 1.82) is 0 Å². The lowest BCUT2D eigenvalue weighted by Crippen LogP contribution is -2.24. The topological polar surface area (TPSA) is 59.3 Å². The predicted molar refractivity (Wildman–Crippen MR) is 98.4 cm³/mol. The second-order valence-corrected chi connectivity index (χ2v) is 6.32. The van der Waals surface area contributed by atoms with Crippen LogP contribution in [0.25, 0.3) is 11.0 Å². The molecule has 5 nitrogen and oxygen atoms in total. The Hall–Kier alpha value is -2.95. The molecule has 4 rings (SSSR count). The third-order valence-corrected chi connectivity index (χ3v) is 4.59. The number of aromatic nitrogens is 2. The number of carbonyl (C=O) groups is 1. The molecular weight excluding hydrogens is 312 g/mol. The van der Waals surface area contributed by atoms with Crippen LogP contribution in [-0.2, 0) is 17.8 Å². The molecule has 2 aromatic carbocycles. The Bertz CT molecular complexity index is 942. The van der Waals surface area contributed by atoms with Gasteiger partial charge in [0.05, 0.1) is 23.1 Å². The van der Waals surface area contributed by atoms with E-state index < -0.39 is 0 Å². The molecule has 0 unspecified atom stereocenters. The highest BCUT2D eigenvalue weighted by Gasteiger charge is 2.14. The first-order valence-corrected chi connectivity index (χ1v) is 8.65. The van der Waals surface area contributed by atoms with E-state index >= 15 is 0 Å². The molecule has 3 aromatic rings. The van der Waals surface area contributed by atoms with E-state index in [4.69, 9.17) is 0 Å². The van der Waals surface area contributed by atoms with Crippen LogP contribution in [0.15, 0.2) is 60.0 Å². The van der Waals surface area contributed by atoms with Crippen LogP contribution in [0.4, 0.5) is 0 Å². The summed E-state index contributed by atoms with van der Waals surface area (Å²) in [5, 5.41) is 4.43. The van der Waals surface area contributed by atoms with Gasteiger partial charge >= 0.3 is 0 Å². The van der Waals surface area contributed by atoms with Gasteiger partial charge < -0.3 is 4.57 Å². The number of imidazole rings is 1. The van der Waals surface area contributed by atoms with Gasteiger partial charge in [-0.2, -0.15) is 5.10 Å². The molecule has 1 N–H and O–H groups in total. The first-order chi connectivity index (χ1) is 12.3. The maximum atomic E-state index is 12.3. The molecule has 1 heterocycles. The smallest absolute Gasteiger partial charge is 0.260 e. The second kappa shape index (κ2) is 6.89. The van der Waals surface area contributed by atoms with Gasteiger partial charge in [0.15, 0.2) is 0 Å². The molecule has 0 atom stereocenters. The number of amides is 1. The number of rotatable bonds is 3. The molecule has 0 spiro atoms. The summed E-state index contributed by atoms with van der Waals surface area (Å²) >= 11 is 0. The van der Waals surface area contributed by atoms with Gasteiger partial charge in [0.25, 0.3) is 5.91 Å². The standard InChI is InChI=1S/C20H20N4O/c25-20(13-24-14-21-18-11-5-6-12-19(18)24)23-22-17-10-4-2-8-15-7-1-3-9-16(15)17/h1,3,5-7,9,11-12,14H,2,4,8,10,13H2,(H,23,25)/b22-17-. The number of hydrogen-bond donors (Lipinski definition) is 1. The second-order valence-electron chi connectivity index (χ2n) is 6.32. The monoisotopic (exact) mass is 332 g/mol. The van der Waals surface area contributed by atoms with Gasteiger partial charge in [-0.15, -0.1) is 0 Å². The van der Waals surface area contributed by atoms with Crippen LogP contribution in [0.1, 0.15) is 30.4 Å². The molecular formula is C20H20N4O. The SMILES string of the molecule is O=C(Cn1cnc2ccccc21)N/N=C1/CCCCc2ccccc21. The lowest BCUT2D eigenvalue weighted by Gasteiger charge is -2.08. The quantitative estimate of drug-likeness (QED) is 0.591. The number of aryl methyl sites for hydroxylation is 1. The highest BCUT2D eigenvalue weighted by Crippen LogP contribution is 2.20. The molecule has 0 saturated heterocycles. The average Bonchev–Trinajstić information content (AvgIpc) is 2.92. The lowest BCUT2D eigenvalue weighted by molar-refractivity contribution is -0.121. The summed E-state index contributed by atoms with van der Waals surface area (Å²) in [7, 11) is 0. The van der Waals surface area contributed by atoms with Crippen molar-refractivity contribution in [2.75, 3.05) is 0 Å². The largest absolute Gasteiger partial charge is 0.321 e. The molecule has 126 valence electrons. The minimum atomic E-state index is -0.141. The van der Waals surface area contributed by atoms with E-state index in [1.54, 1.807) is 6.33 Å². The summed E-state index contributed by atoms with van der Waals surface area (Å²) in [4.78, 5) is 16.6. The maximum Gasteiger partial charge on any atom is 0.260 e. The minimum absolute atomic E-state index is 0.141. The number of hydrogen-bond acceptors (Lipinski definition) is 3. The summed E-state index contributed by atoms with van der Waals surface area (Å²) in [5.41, 5.74) is 8.01. The summed E-state index contributed by atoms with van der Waals surface area (Å²) < 4.78 is 1.84. The van der Waals surface area contributed by atoms with E-state index in [-0.39, 0.29) is 12.5 Å². The number of carbonyl (C=O) groups excluding carboxylic acids is 1. The first-order valence-electron chi connectivity index (χ1n) is 8.65. The number of benzene rings is 2. The molecule has 0 radical (unpaired) electrons. The Labute approximate surface area is 146 Å². The Morgan fingerprint density at radius 2 is 1.88 bits per heavy atom. The normalized spacial score (nSPS) is 15.8. The van der Waals surface area contributed by atoms with Crippen LogP contribution in [0, 0.1) is 0 Å². The fourth-order valence-electron chi connectivity index (χ4n) is 3.33. The molecule has 0 bridgehead atoms. The number of fused-ring (bicyclic) bond motifs is 2. The van der Waals surface area contributed by atoms with Crippen molar-refractivity contribution < 1.29 is 4.79 Å². The molecule has 1 amide bonds. The molecule has 0 fully saturated rings. The van der Waals surface area contributed by atoms with Crippen molar-refractivity contribution in [3.8, 4) is 0 Å². The van der Waals surface area contributed by atoms with E-state index in [2.05, 4.69) is 33.7 Å². The summed E-state index contributed by atoms with van der Waals surface area (Å²) in [6.07, 6.45) is 5.91. The van der Waals surface area contributed by atoms with Crippen LogP contribution >= 0.6 is 0 Å². The molecule has 0 saturated carbocycles.